The Bertz CT molecular complexity index is 462. The van der Waals surface area contributed by atoms with Crippen LogP contribution >= 0.6 is 0 Å². The van der Waals surface area contributed by atoms with Crippen LogP contribution < -0.4 is 0 Å². The van der Waals surface area contributed by atoms with Gasteiger partial charge in [-0.1, -0.05) is 6.92 Å². The van der Waals surface area contributed by atoms with Gasteiger partial charge < -0.3 is 10.2 Å². The van der Waals surface area contributed by atoms with E-state index in [2.05, 4.69) is 0 Å². The monoisotopic (exact) mass is 206 g/mol. The Morgan fingerprint density at radius 2 is 1.73 bits per heavy atom. The smallest absolute Gasteiger partial charge is 0.335 e. The fraction of sp³-hybridized carbons (Fsp3) is 0.273. The third kappa shape index (κ3) is 1.29. The molecule has 2 rings (SSSR count). The zero-order chi connectivity index (χ0) is 11.2. The van der Waals surface area contributed by atoms with Crippen molar-refractivity contribution in [3.63, 3.8) is 0 Å². The lowest BCUT2D eigenvalue weighted by Gasteiger charge is -2.30. The summed E-state index contributed by atoms with van der Waals surface area (Å²) in [5.41, 5.74) is 1.82. The number of rotatable bonds is 2. The maximum atomic E-state index is 10.9. The van der Waals surface area contributed by atoms with Gasteiger partial charge in [0.15, 0.2) is 0 Å². The number of fused-ring (bicyclic) bond motifs is 1. The molecule has 1 unspecified atom stereocenters. The predicted molar refractivity (Wildman–Crippen MR) is 52.5 cm³/mol. The third-order valence-electron chi connectivity index (χ3n) is 2.82. The van der Waals surface area contributed by atoms with E-state index >= 15 is 0 Å². The average Bonchev–Trinajstić information content (AvgIpc) is 2.14. The molecule has 1 aliphatic rings. The van der Waals surface area contributed by atoms with Gasteiger partial charge in [-0.2, -0.15) is 0 Å². The molecule has 0 fully saturated rings. The van der Waals surface area contributed by atoms with Gasteiger partial charge in [0.05, 0.1) is 11.1 Å². The van der Waals surface area contributed by atoms with Gasteiger partial charge in [-0.3, -0.25) is 0 Å². The van der Waals surface area contributed by atoms with E-state index in [4.69, 9.17) is 10.2 Å². The highest BCUT2D eigenvalue weighted by Gasteiger charge is 2.31. The summed E-state index contributed by atoms with van der Waals surface area (Å²) >= 11 is 0. The van der Waals surface area contributed by atoms with Gasteiger partial charge in [0.25, 0.3) is 0 Å². The molecule has 0 heterocycles. The second-order valence-corrected chi connectivity index (χ2v) is 3.77. The van der Waals surface area contributed by atoms with Crippen molar-refractivity contribution >= 4 is 11.9 Å². The highest BCUT2D eigenvalue weighted by atomic mass is 16.4. The van der Waals surface area contributed by atoms with E-state index in [9.17, 15) is 9.59 Å². The van der Waals surface area contributed by atoms with Crippen molar-refractivity contribution in [1.82, 2.24) is 0 Å². The van der Waals surface area contributed by atoms with Crippen LogP contribution in [-0.2, 0) is 6.42 Å². The average molecular weight is 206 g/mol. The summed E-state index contributed by atoms with van der Waals surface area (Å²) in [5.74, 6) is -1.84. The molecular weight excluding hydrogens is 196 g/mol. The first-order valence-corrected chi connectivity index (χ1v) is 4.64. The Morgan fingerprint density at radius 1 is 1.20 bits per heavy atom. The summed E-state index contributed by atoms with van der Waals surface area (Å²) in [4.78, 5) is 21.7. The Balaban J connectivity index is 2.62. The van der Waals surface area contributed by atoms with E-state index in [1.807, 2.05) is 6.92 Å². The van der Waals surface area contributed by atoms with Crippen LogP contribution in [0.4, 0.5) is 0 Å². The molecule has 0 radical (unpaired) electrons. The summed E-state index contributed by atoms with van der Waals surface area (Å²) in [7, 11) is 0. The van der Waals surface area contributed by atoms with Crippen LogP contribution in [0.2, 0.25) is 0 Å². The maximum absolute atomic E-state index is 10.9. The standard InChI is InChI=1S/C11H10O4/c1-5-4-8-6(10(12)13)2-3-7(9(5)8)11(14)15/h2-3,5H,4H2,1H3,(H,12,13)(H,14,15). The molecule has 0 saturated carbocycles. The number of carboxylic acids is 2. The van der Waals surface area contributed by atoms with E-state index in [0.29, 0.717) is 17.5 Å². The van der Waals surface area contributed by atoms with Crippen molar-refractivity contribution in [2.45, 2.75) is 19.3 Å². The molecule has 0 bridgehead atoms. The van der Waals surface area contributed by atoms with Gasteiger partial charge in [0.1, 0.15) is 0 Å². The zero-order valence-electron chi connectivity index (χ0n) is 8.15. The van der Waals surface area contributed by atoms with Gasteiger partial charge in [-0.25, -0.2) is 9.59 Å². The maximum Gasteiger partial charge on any atom is 0.335 e. The van der Waals surface area contributed by atoms with Crippen LogP contribution in [0.3, 0.4) is 0 Å². The summed E-state index contributed by atoms with van der Waals surface area (Å²) in [5, 5.41) is 17.8. The molecule has 1 aliphatic carbocycles. The van der Waals surface area contributed by atoms with Gasteiger partial charge in [0.2, 0.25) is 0 Å². The van der Waals surface area contributed by atoms with Crippen LogP contribution in [0.1, 0.15) is 44.7 Å². The Labute approximate surface area is 86.2 Å². The van der Waals surface area contributed by atoms with Crippen molar-refractivity contribution in [2.75, 3.05) is 0 Å². The first-order valence-electron chi connectivity index (χ1n) is 4.64. The Morgan fingerprint density at radius 3 is 2.20 bits per heavy atom. The summed E-state index contributed by atoms with van der Waals surface area (Å²) in [6.45, 7) is 1.90. The molecule has 0 aliphatic heterocycles. The minimum atomic E-state index is -0.991. The number of benzene rings is 1. The summed E-state index contributed by atoms with van der Waals surface area (Å²) < 4.78 is 0. The quantitative estimate of drug-likeness (QED) is 0.772. The molecule has 0 amide bonds. The molecule has 4 nitrogen and oxygen atoms in total. The molecule has 4 heteroatoms. The number of carbonyl (C=O) groups is 2. The molecule has 15 heavy (non-hydrogen) atoms. The van der Waals surface area contributed by atoms with Gasteiger partial charge in [-0.15, -0.1) is 0 Å². The number of carboxylic acid groups (broad SMARTS) is 2. The molecule has 0 aromatic heterocycles. The van der Waals surface area contributed by atoms with E-state index in [1.54, 1.807) is 0 Å². The fourth-order valence-corrected chi connectivity index (χ4v) is 2.11. The van der Waals surface area contributed by atoms with Crippen molar-refractivity contribution in [3.05, 3.63) is 34.4 Å². The van der Waals surface area contributed by atoms with Crippen LogP contribution in [0, 0.1) is 0 Å². The van der Waals surface area contributed by atoms with Crippen LogP contribution in [0.5, 0.6) is 0 Å². The van der Waals surface area contributed by atoms with Gasteiger partial charge in [0, 0.05) is 0 Å². The molecule has 1 aromatic carbocycles. The van der Waals surface area contributed by atoms with E-state index in [0.717, 1.165) is 0 Å². The number of hydrogen-bond donors (Lipinski definition) is 2. The molecular formula is C11H10O4. The van der Waals surface area contributed by atoms with Crippen LogP contribution in [0.15, 0.2) is 12.1 Å². The molecule has 78 valence electrons. The van der Waals surface area contributed by atoms with E-state index in [1.165, 1.54) is 12.1 Å². The summed E-state index contributed by atoms with van der Waals surface area (Å²) in [6, 6.07) is 2.75. The Kier molecular flexibility index (Phi) is 2.00. The molecule has 2 N–H and O–H groups in total. The van der Waals surface area contributed by atoms with Crippen molar-refractivity contribution < 1.29 is 19.8 Å². The van der Waals surface area contributed by atoms with Crippen molar-refractivity contribution in [2.24, 2.45) is 0 Å². The molecule has 1 aromatic rings. The summed E-state index contributed by atoms with van der Waals surface area (Å²) in [6.07, 6.45) is 0.651. The first-order chi connectivity index (χ1) is 7.02. The lowest BCUT2D eigenvalue weighted by Crippen LogP contribution is -2.23. The van der Waals surface area contributed by atoms with Gasteiger partial charge in [-0.05, 0) is 35.6 Å². The molecule has 1 atom stereocenters. The fourth-order valence-electron chi connectivity index (χ4n) is 2.11. The lowest BCUT2D eigenvalue weighted by molar-refractivity contribution is 0.0676. The third-order valence-corrected chi connectivity index (χ3v) is 2.82. The number of aromatic carboxylic acids is 2. The minimum Gasteiger partial charge on any atom is -0.478 e. The Hall–Kier alpha value is -1.84. The largest absolute Gasteiger partial charge is 0.478 e. The van der Waals surface area contributed by atoms with Crippen LogP contribution in [-0.4, -0.2) is 22.2 Å². The number of hydrogen-bond acceptors (Lipinski definition) is 2. The second kappa shape index (κ2) is 3.08. The van der Waals surface area contributed by atoms with Crippen molar-refractivity contribution in [3.8, 4) is 0 Å². The van der Waals surface area contributed by atoms with E-state index in [-0.39, 0.29) is 17.0 Å². The normalized spacial score (nSPS) is 17.8. The highest BCUT2D eigenvalue weighted by molar-refractivity contribution is 5.96. The minimum absolute atomic E-state index is 0.144. The van der Waals surface area contributed by atoms with Crippen molar-refractivity contribution in [1.29, 1.82) is 0 Å². The lowest BCUT2D eigenvalue weighted by atomic mass is 9.73. The molecule has 0 saturated heterocycles. The SMILES string of the molecule is CC1Cc2c(C(=O)O)ccc(C(=O)O)c21. The molecule has 0 spiro atoms. The topological polar surface area (TPSA) is 74.6 Å². The zero-order valence-corrected chi connectivity index (χ0v) is 8.15. The van der Waals surface area contributed by atoms with E-state index < -0.39 is 11.9 Å². The highest BCUT2D eigenvalue weighted by Crippen LogP contribution is 2.39. The first kappa shape index (κ1) is 9.71. The predicted octanol–water partition coefficient (Wildman–Crippen LogP) is 1.74. The van der Waals surface area contributed by atoms with Crippen LogP contribution in [0.25, 0.3) is 0 Å². The van der Waals surface area contributed by atoms with Gasteiger partial charge >= 0.3 is 11.9 Å². The second-order valence-electron chi connectivity index (χ2n) is 3.77.